The number of para-hydroxylation sites is 1. The van der Waals surface area contributed by atoms with Gasteiger partial charge in [-0.1, -0.05) is 12.1 Å². The van der Waals surface area contributed by atoms with E-state index in [2.05, 4.69) is 10.3 Å². The van der Waals surface area contributed by atoms with Gasteiger partial charge >= 0.3 is 5.69 Å². The van der Waals surface area contributed by atoms with E-state index in [-0.39, 0.29) is 23.0 Å². The van der Waals surface area contributed by atoms with Crippen LogP contribution in [0.4, 0.5) is 27.4 Å². The van der Waals surface area contributed by atoms with E-state index in [0.717, 1.165) is 0 Å². The lowest BCUT2D eigenvalue weighted by molar-refractivity contribution is -0.384. The molecule has 0 saturated heterocycles. The van der Waals surface area contributed by atoms with Crippen molar-refractivity contribution in [3.63, 3.8) is 0 Å². The Morgan fingerprint density at radius 1 is 1.28 bits per heavy atom. The van der Waals surface area contributed by atoms with Crippen LogP contribution in [0.3, 0.4) is 0 Å². The van der Waals surface area contributed by atoms with Crippen LogP contribution >= 0.6 is 0 Å². The molecule has 0 radical (unpaired) electrons. The second-order valence-corrected chi connectivity index (χ2v) is 3.46. The van der Waals surface area contributed by atoms with Crippen LogP contribution in [-0.2, 0) is 0 Å². The second kappa shape index (κ2) is 4.66. The largest absolute Gasteiger partial charge is 0.378 e. The maximum absolute atomic E-state index is 13.4. The van der Waals surface area contributed by atoms with E-state index in [0.29, 0.717) is 0 Å². The van der Waals surface area contributed by atoms with Crippen molar-refractivity contribution < 1.29 is 9.31 Å². The first-order chi connectivity index (χ1) is 8.58. The smallest absolute Gasteiger partial charge is 0.311 e. The highest BCUT2D eigenvalue weighted by Crippen LogP contribution is 2.23. The molecule has 7 heteroatoms. The minimum absolute atomic E-state index is 0.221. The Hall–Kier alpha value is -2.70. The molecule has 0 aliphatic rings. The van der Waals surface area contributed by atoms with E-state index in [9.17, 15) is 14.5 Å². The lowest BCUT2D eigenvalue weighted by Gasteiger charge is -2.06. The molecule has 2 aromatic rings. The number of pyridine rings is 1. The fraction of sp³-hybridized carbons (Fsp3) is 0. The first-order valence-corrected chi connectivity index (χ1v) is 5.00. The number of anilines is 3. The lowest BCUT2D eigenvalue weighted by Crippen LogP contribution is -2.02. The van der Waals surface area contributed by atoms with Crippen molar-refractivity contribution >= 4 is 23.0 Å². The summed E-state index contributed by atoms with van der Waals surface area (Å²) in [5, 5.41) is 13.2. The summed E-state index contributed by atoms with van der Waals surface area (Å²) in [5.41, 5.74) is 5.36. The lowest BCUT2D eigenvalue weighted by atomic mass is 10.3. The first-order valence-electron chi connectivity index (χ1n) is 5.00. The maximum atomic E-state index is 13.4. The Labute approximate surface area is 101 Å². The molecule has 0 atom stereocenters. The van der Waals surface area contributed by atoms with E-state index in [1.165, 1.54) is 24.3 Å². The molecule has 0 spiro atoms. The molecule has 6 nitrogen and oxygen atoms in total. The van der Waals surface area contributed by atoms with Crippen LogP contribution in [0.25, 0.3) is 0 Å². The first kappa shape index (κ1) is 11.8. The maximum Gasteiger partial charge on any atom is 0.311 e. The highest BCUT2D eigenvalue weighted by molar-refractivity contribution is 5.62. The number of hydrogen-bond acceptors (Lipinski definition) is 5. The van der Waals surface area contributed by atoms with E-state index < -0.39 is 10.7 Å². The van der Waals surface area contributed by atoms with Gasteiger partial charge in [0.25, 0.3) is 0 Å². The summed E-state index contributed by atoms with van der Waals surface area (Å²) in [7, 11) is 0. The normalized spacial score (nSPS) is 10.1. The summed E-state index contributed by atoms with van der Waals surface area (Å²) >= 11 is 0. The third kappa shape index (κ3) is 2.34. The highest BCUT2D eigenvalue weighted by Gasteiger charge is 2.13. The summed E-state index contributed by atoms with van der Waals surface area (Å²) in [6, 6.07) is 8.59. The number of nitrogens with zero attached hydrogens (tertiary/aromatic N) is 2. The molecule has 0 amide bonds. The number of benzene rings is 1. The van der Waals surface area contributed by atoms with Gasteiger partial charge in [-0.15, -0.1) is 0 Å². The minimum atomic E-state index is -0.630. The van der Waals surface area contributed by atoms with Crippen molar-refractivity contribution in [1.82, 2.24) is 4.98 Å². The molecule has 0 aliphatic carbocycles. The van der Waals surface area contributed by atoms with E-state index >= 15 is 0 Å². The topological polar surface area (TPSA) is 94.1 Å². The van der Waals surface area contributed by atoms with Gasteiger partial charge in [0.15, 0.2) is 0 Å². The molecule has 0 unspecified atom stereocenters. The zero-order valence-electron chi connectivity index (χ0n) is 9.13. The van der Waals surface area contributed by atoms with Crippen LogP contribution < -0.4 is 11.1 Å². The highest BCUT2D eigenvalue weighted by atomic mass is 19.1. The minimum Gasteiger partial charge on any atom is -0.378 e. The second-order valence-electron chi connectivity index (χ2n) is 3.46. The molecule has 0 fully saturated rings. The van der Waals surface area contributed by atoms with Crippen molar-refractivity contribution in [1.29, 1.82) is 0 Å². The number of nitrogens with two attached hydrogens (primary N) is 1. The number of hydrogen-bond donors (Lipinski definition) is 2. The SMILES string of the molecule is Nc1nc(Nc2ccccc2F)ccc1[N+](=O)[O-]. The van der Waals surface area contributed by atoms with E-state index in [1.54, 1.807) is 12.1 Å². The Kier molecular flexibility index (Phi) is 3.05. The molecule has 2 rings (SSSR count). The monoisotopic (exact) mass is 248 g/mol. The van der Waals surface area contributed by atoms with Crippen molar-refractivity contribution in [2.45, 2.75) is 0 Å². The number of halogens is 1. The molecule has 92 valence electrons. The van der Waals surface area contributed by atoms with Crippen molar-refractivity contribution in [3.8, 4) is 0 Å². The molecule has 0 saturated carbocycles. The molecule has 3 N–H and O–H groups in total. The Balaban J connectivity index is 2.29. The average molecular weight is 248 g/mol. The van der Waals surface area contributed by atoms with Gasteiger partial charge in [0.1, 0.15) is 11.6 Å². The van der Waals surface area contributed by atoms with Gasteiger partial charge in [-0.25, -0.2) is 9.37 Å². The van der Waals surface area contributed by atoms with Gasteiger partial charge in [-0.3, -0.25) is 10.1 Å². The van der Waals surface area contributed by atoms with Crippen LogP contribution in [-0.4, -0.2) is 9.91 Å². The van der Waals surface area contributed by atoms with Crippen molar-refractivity contribution in [3.05, 3.63) is 52.3 Å². The van der Waals surface area contributed by atoms with Crippen LogP contribution in [0, 0.1) is 15.9 Å². The van der Waals surface area contributed by atoms with E-state index in [4.69, 9.17) is 5.73 Å². The summed E-state index contributed by atoms with van der Waals surface area (Å²) in [5.74, 6) is -0.430. The van der Waals surface area contributed by atoms with Gasteiger partial charge in [-0.05, 0) is 18.2 Å². The third-order valence-corrected chi connectivity index (χ3v) is 2.24. The molecule has 0 bridgehead atoms. The quantitative estimate of drug-likeness (QED) is 0.642. The predicted molar refractivity (Wildman–Crippen MR) is 65.0 cm³/mol. The Bertz CT molecular complexity index is 603. The molecule has 1 aromatic heterocycles. The summed E-state index contributed by atoms with van der Waals surface area (Å²) in [6.45, 7) is 0. The van der Waals surface area contributed by atoms with Crippen LogP contribution in [0.15, 0.2) is 36.4 Å². The Morgan fingerprint density at radius 2 is 2.00 bits per heavy atom. The zero-order chi connectivity index (χ0) is 13.1. The number of nitro groups is 1. The summed E-state index contributed by atoms with van der Waals surface area (Å²) in [6.07, 6.45) is 0. The zero-order valence-corrected chi connectivity index (χ0v) is 9.13. The van der Waals surface area contributed by atoms with Crippen molar-refractivity contribution in [2.24, 2.45) is 0 Å². The molecule has 1 heterocycles. The van der Waals surface area contributed by atoms with Gasteiger partial charge in [0.05, 0.1) is 10.6 Å². The van der Waals surface area contributed by atoms with Gasteiger partial charge in [0.2, 0.25) is 5.82 Å². The average Bonchev–Trinajstić information content (AvgIpc) is 2.32. The fourth-order valence-electron chi connectivity index (χ4n) is 1.39. The molecular formula is C11H9FN4O2. The molecule has 0 aliphatic heterocycles. The number of rotatable bonds is 3. The standard InChI is InChI=1S/C11H9FN4O2/c12-7-3-1-2-4-8(7)14-10-6-5-9(16(17)18)11(13)15-10/h1-6H,(H3,13,14,15). The van der Waals surface area contributed by atoms with Gasteiger partial charge < -0.3 is 11.1 Å². The number of nitrogen functional groups attached to an aromatic ring is 1. The van der Waals surface area contributed by atoms with Gasteiger partial charge in [-0.2, -0.15) is 0 Å². The van der Waals surface area contributed by atoms with Crippen molar-refractivity contribution in [2.75, 3.05) is 11.1 Å². The van der Waals surface area contributed by atoms with E-state index in [1.807, 2.05) is 0 Å². The third-order valence-electron chi connectivity index (χ3n) is 2.24. The van der Waals surface area contributed by atoms with Crippen LogP contribution in [0.2, 0.25) is 0 Å². The number of nitrogens with one attached hydrogen (secondary N) is 1. The summed E-state index contributed by atoms with van der Waals surface area (Å²) < 4.78 is 13.4. The molecule has 18 heavy (non-hydrogen) atoms. The molecule has 1 aromatic carbocycles. The molecular weight excluding hydrogens is 239 g/mol. The predicted octanol–water partition coefficient (Wildman–Crippen LogP) is 2.45. The van der Waals surface area contributed by atoms with Crippen LogP contribution in [0.1, 0.15) is 0 Å². The van der Waals surface area contributed by atoms with Gasteiger partial charge in [0, 0.05) is 6.07 Å². The summed E-state index contributed by atoms with van der Waals surface area (Å²) in [4.78, 5) is 13.7. The number of aromatic nitrogens is 1. The Morgan fingerprint density at radius 3 is 2.61 bits per heavy atom. The fourth-order valence-corrected chi connectivity index (χ4v) is 1.39. The van der Waals surface area contributed by atoms with Crippen LogP contribution in [0.5, 0.6) is 0 Å².